The third kappa shape index (κ3) is 5.98. The second-order valence-electron chi connectivity index (χ2n) is 8.25. The Bertz CT molecular complexity index is 1680. The Kier molecular flexibility index (Phi) is 9.10. The number of aromatic nitrogens is 1. The van der Waals surface area contributed by atoms with Crippen LogP contribution >= 0.6 is 45.5 Å². The van der Waals surface area contributed by atoms with E-state index in [0.717, 1.165) is 15.9 Å². The number of carbonyl (C=O) groups excluding carboxylic acids is 1. The van der Waals surface area contributed by atoms with Crippen molar-refractivity contribution in [3.63, 3.8) is 0 Å². The van der Waals surface area contributed by atoms with Gasteiger partial charge in [-0.15, -0.1) is 0 Å². The lowest BCUT2D eigenvalue weighted by molar-refractivity contribution is -0.140. The van der Waals surface area contributed by atoms with E-state index in [0.29, 0.717) is 25.7 Å². The van der Waals surface area contributed by atoms with Gasteiger partial charge >= 0.3 is 12.1 Å². The van der Waals surface area contributed by atoms with E-state index in [2.05, 4.69) is 34.2 Å². The molecule has 1 aliphatic heterocycles. The summed E-state index contributed by atoms with van der Waals surface area (Å²) >= 11 is 8.83. The predicted molar refractivity (Wildman–Crippen MR) is 154 cm³/mol. The Morgan fingerprint density at radius 2 is 1.98 bits per heavy atom. The molecule has 0 radical (unpaired) electrons. The average Bonchev–Trinajstić information content (AvgIpc) is 3.21. The number of hydrogen-bond donors (Lipinski definition) is 0. The van der Waals surface area contributed by atoms with Gasteiger partial charge in [0.15, 0.2) is 22.0 Å². The lowest BCUT2D eigenvalue weighted by Gasteiger charge is -2.26. The van der Waals surface area contributed by atoms with Crippen LogP contribution in [0.5, 0.6) is 11.5 Å². The average molecular weight is 705 g/mol. The van der Waals surface area contributed by atoms with Gasteiger partial charge in [-0.05, 0) is 71.0 Å². The summed E-state index contributed by atoms with van der Waals surface area (Å²) in [5, 5.41) is 0.331. The Hall–Kier alpha value is -3.10. The first-order valence-corrected chi connectivity index (χ1v) is 13.9. The number of carbonyl (C=O) groups is 1. The molecule has 210 valence electrons. The molecule has 0 saturated carbocycles. The van der Waals surface area contributed by atoms with E-state index < -0.39 is 35.0 Å². The van der Waals surface area contributed by atoms with Gasteiger partial charge in [-0.3, -0.25) is 9.36 Å². The summed E-state index contributed by atoms with van der Waals surface area (Å²) in [7, 11) is 1.46. The summed E-state index contributed by atoms with van der Waals surface area (Å²) < 4.78 is 60.7. The lowest BCUT2D eigenvalue weighted by atomic mass is 9.95. The van der Waals surface area contributed by atoms with Gasteiger partial charge in [-0.25, -0.2) is 9.79 Å². The molecule has 0 bridgehead atoms. The van der Waals surface area contributed by atoms with E-state index in [1.807, 2.05) is 0 Å². The van der Waals surface area contributed by atoms with Crippen molar-refractivity contribution >= 4 is 57.6 Å². The van der Waals surface area contributed by atoms with Crippen molar-refractivity contribution in [2.45, 2.75) is 19.1 Å². The number of ether oxygens (including phenoxy) is 3. The highest BCUT2D eigenvalue weighted by molar-refractivity contribution is 14.1. The molecule has 2 aromatic carbocycles. The standard InChI is InChI=1S/C27H21ClF3IN2O5S/c1-4-10-39-22-17(32)11-14(12-18(22)37-3)13-19-24(35)34-21(15-6-8-16(28)9-7-15)20(25(36)38-5-2)23(27(29,30)31)33-26(34)40-19/h4,6-9,11-13,21H,1,5,10H2,2-3H3/b19-13-/t21-/m0/s1. The molecule has 4 rings (SSSR count). The summed E-state index contributed by atoms with van der Waals surface area (Å²) in [5.74, 6) is -0.337. The number of hydrogen-bond acceptors (Lipinski definition) is 7. The van der Waals surface area contributed by atoms with E-state index in [4.69, 9.17) is 25.8 Å². The number of alkyl halides is 3. The molecular formula is C27H21ClF3IN2O5S. The molecule has 7 nitrogen and oxygen atoms in total. The van der Waals surface area contributed by atoms with Crippen LogP contribution in [0, 0.1) is 3.57 Å². The zero-order valence-corrected chi connectivity index (χ0v) is 24.8. The zero-order valence-electron chi connectivity index (χ0n) is 21.1. The van der Waals surface area contributed by atoms with Crippen LogP contribution in [0.1, 0.15) is 24.1 Å². The Morgan fingerprint density at radius 3 is 2.58 bits per heavy atom. The number of fused-ring (bicyclic) bond motifs is 1. The first-order chi connectivity index (χ1) is 19.0. The number of allylic oxidation sites excluding steroid dienone is 1. The number of rotatable bonds is 8. The maximum absolute atomic E-state index is 14.2. The van der Waals surface area contributed by atoms with Crippen LogP contribution in [0.4, 0.5) is 13.2 Å². The fourth-order valence-corrected chi connectivity index (χ4v) is 5.97. The summed E-state index contributed by atoms with van der Waals surface area (Å²) in [6.07, 6.45) is -1.89. The number of thiazole rings is 1. The van der Waals surface area contributed by atoms with Gasteiger partial charge in [-0.1, -0.05) is 47.7 Å². The van der Waals surface area contributed by atoms with Gasteiger partial charge in [0.2, 0.25) is 0 Å². The molecule has 1 aromatic heterocycles. The molecule has 0 fully saturated rings. The highest BCUT2D eigenvalue weighted by Crippen LogP contribution is 2.39. The highest BCUT2D eigenvalue weighted by atomic mass is 127. The van der Waals surface area contributed by atoms with Gasteiger partial charge in [0.25, 0.3) is 5.56 Å². The van der Waals surface area contributed by atoms with Crippen LogP contribution < -0.4 is 24.4 Å². The largest absolute Gasteiger partial charge is 0.493 e. The normalized spacial score (nSPS) is 15.4. The van der Waals surface area contributed by atoms with Gasteiger partial charge < -0.3 is 14.2 Å². The maximum atomic E-state index is 14.2. The molecule has 1 aliphatic rings. The number of halogens is 5. The molecule has 0 saturated heterocycles. The quantitative estimate of drug-likeness (QED) is 0.184. The van der Waals surface area contributed by atoms with Crippen LogP contribution in [0.2, 0.25) is 5.02 Å². The van der Waals surface area contributed by atoms with Crippen molar-refractivity contribution in [1.29, 1.82) is 0 Å². The Morgan fingerprint density at radius 1 is 1.27 bits per heavy atom. The molecule has 2 heterocycles. The van der Waals surface area contributed by atoms with Gasteiger partial charge in [-0.2, -0.15) is 13.2 Å². The van der Waals surface area contributed by atoms with Crippen LogP contribution in [0.3, 0.4) is 0 Å². The second kappa shape index (κ2) is 12.2. The van der Waals surface area contributed by atoms with Gasteiger partial charge in [0, 0.05) is 5.02 Å². The van der Waals surface area contributed by atoms with Crippen LogP contribution in [-0.2, 0) is 9.53 Å². The fraction of sp³-hybridized carbons (Fsp3) is 0.222. The summed E-state index contributed by atoms with van der Waals surface area (Å²) in [6.45, 7) is 5.18. The highest BCUT2D eigenvalue weighted by Gasteiger charge is 2.45. The molecule has 3 aromatic rings. The third-order valence-corrected chi connectivity index (χ3v) is 7.71. The lowest BCUT2D eigenvalue weighted by Crippen LogP contribution is -2.41. The van der Waals surface area contributed by atoms with E-state index in [-0.39, 0.29) is 28.1 Å². The van der Waals surface area contributed by atoms with Crippen LogP contribution in [0.15, 0.2) is 70.1 Å². The summed E-state index contributed by atoms with van der Waals surface area (Å²) in [6, 6.07) is 7.77. The predicted octanol–water partition coefficient (Wildman–Crippen LogP) is 5.17. The van der Waals surface area contributed by atoms with E-state index in [1.54, 1.807) is 18.2 Å². The van der Waals surface area contributed by atoms with Crippen molar-refractivity contribution in [2.24, 2.45) is 4.99 Å². The van der Waals surface area contributed by atoms with E-state index >= 15 is 0 Å². The minimum atomic E-state index is -4.99. The number of methoxy groups -OCH3 is 1. The molecular weight excluding hydrogens is 684 g/mol. The number of esters is 1. The van der Waals surface area contributed by atoms with Crippen LogP contribution in [0.25, 0.3) is 6.08 Å². The Balaban J connectivity index is 1.99. The minimum Gasteiger partial charge on any atom is -0.493 e. The van der Waals surface area contributed by atoms with Crippen molar-refractivity contribution in [2.75, 3.05) is 20.3 Å². The number of nitrogens with zero attached hydrogens (tertiary/aromatic N) is 2. The van der Waals surface area contributed by atoms with Crippen LogP contribution in [-0.4, -0.2) is 37.0 Å². The zero-order chi connectivity index (χ0) is 29.2. The van der Waals surface area contributed by atoms with Crippen molar-refractivity contribution in [3.05, 3.63) is 99.7 Å². The number of benzene rings is 2. The van der Waals surface area contributed by atoms with Crippen molar-refractivity contribution in [3.8, 4) is 11.5 Å². The van der Waals surface area contributed by atoms with E-state index in [9.17, 15) is 22.8 Å². The fourth-order valence-electron chi connectivity index (χ4n) is 4.06. The third-order valence-electron chi connectivity index (χ3n) is 5.68. The molecule has 1 atom stereocenters. The summed E-state index contributed by atoms with van der Waals surface area (Å²) in [4.78, 5) is 30.2. The molecule has 0 amide bonds. The molecule has 0 N–H and O–H groups in total. The smallest absolute Gasteiger partial charge is 0.434 e. The molecule has 40 heavy (non-hydrogen) atoms. The maximum Gasteiger partial charge on any atom is 0.434 e. The second-order valence-corrected chi connectivity index (χ2v) is 10.9. The first-order valence-electron chi connectivity index (χ1n) is 11.7. The van der Waals surface area contributed by atoms with Crippen molar-refractivity contribution in [1.82, 2.24) is 4.57 Å². The van der Waals surface area contributed by atoms with Gasteiger partial charge in [0.05, 0.1) is 33.4 Å². The molecule has 0 aliphatic carbocycles. The Labute approximate surface area is 249 Å². The minimum absolute atomic E-state index is 0.0990. The van der Waals surface area contributed by atoms with E-state index in [1.165, 1.54) is 44.4 Å². The van der Waals surface area contributed by atoms with Crippen molar-refractivity contribution < 1.29 is 32.2 Å². The SMILES string of the molecule is C=CCOc1c(I)cc(/C=c2\sc3n(c2=O)[C@@H](c2ccc(Cl)cc2)C(C(=O)OCC)=C(C(F)(F)F)N=3)cc1OC. The van der Waals surface area contributed by atoms with Gasteiger partial charge in [0.1, 0.15) is 6.61 Å². The summed E-state index contributed by atoms with van der Waals surface area (Å²) in [5.41, 5.74) is -2.06. The topological polar surface area (TPSA) is 79.1 Å². The molecule has 13 heteroatoms. The molecule has 0 unspecified atom stereocenters. The molecule has 0 spiro atoms. The first kappa shape index (κ1) is 29.9. The monoisotopic (exact) mass is 704 g/mol.